The molecule has 0 bridgehead atoms. The van der Waals surface area contributed by atoms with Gasteiger partial charge < -0.3 is 14.3 Å². The number of hydrogen-bond acceptors (Lipinski definition) is 3. The Hall–Kier alpha value is -0.683. The summed E-state index contributed by atoms with van der Waals surface area (Å²) in [6.07, 6.45) is -0.759. The summed E-state index contributed by atoms with van der Waals surface area (Å²) in [5.41, 5.74) is 3.11. The van der Waals surface area contributed by atoms with Crippen molar-refractivity contribution >= 4 is 8.32 Å². The van der Waals surface area contributed by atoms with Gasteiger partial charge in [-0.25, -0.2) is 0 Å². The first-order valence-corrected chi connectivity index (χ1v) is 9.67. The molecule has 1 N–H and O–H groups in total. The number of rotatable bonds is 3. The Kier molecular flexibility index (Phi) is 3.89. The van der Waals surface area contributed by atoms with Crippen LogP contribution in [-0.2, 0) is 22.4 Å². The Bertz CT molecular complexity index is 463. The highest BCUT2D eigenvalue weighted by atomic mass is 28.4. The van der Waals surface area contributed by atoms with E-state index >= 15 is 0 Å². The van der Waals surface area contributed by atoms with Crippen molar-refractivity contribution in [2.24, 2.45) is 0 Å². The van der Waals surface area contributed by atoms with Crippen LogP contribution in [0.2, 0.25) is 18.1 Å². The molecule has 0 saturated carbocycles. The third kappa shape index (κ3) is 3.08. The largest absolute Gasteiger partial charge is 0.413 e. The number of fused-ring (bicyclic) bond motifs is 1. The molecule has 0 aliphatic carbocycles. The van der Waals surface area contributed by atoms with Crippen LogP contribution in [0, 0.1) is 0 Å². The highest BCUT2D eigenvalue weighted by molar-refractivity contribution is 6.74. The summed E-state index contributed by atoms with van der Waals surface area (Å²) in [7, 11) is -1.71. The molecule has 2 rings (SSSR count). The number of benzene rings is 1. The molecule has 19 heavy (non-hydrogen) atoms. The van der Waals surface area contributed by atoms with Crippen molar-refractivity contribution in [3.8, 4) is 0 Å². The third-order valence-electron chi connectivity index (χ3n) is 4.28. The number of ether oxygens (including phenoxy) is 1. The van der Waals surface area contributed by atoms with Crippen LogP contribution in [0.25, 0.3) is 0 Å². The highest BCUT2D eigenvalue weighted by Gasteiger charge is 2.37. The summed E-state index contributed by atoms with van der Waals surface area (Å²) in [6.45, 7) is 12.4. The van der Waals surface area contributed by atoms with Gasteiger partial charge in [0.2, 0.25) is 0 Å². The van der Waals surface area contributed by atoms with Crippen molar-refractivity contribution in [2.75, 3.05) is 0 Å². The molecule has 0 saturated heterocycles. The van der Waals surface area contributed by atoms with Crippen LogP contribution < -0.4 is 0 Å². The van der Waals surface area contributed by atoms with Crippen LogP contribution in [-0.4, -0.2) is 13.4 Å². The summed E-state index contributed by atoms with van der Waals surface area (Å²) in [4.78, 5) is 0. The van der Waals surface area contributed by atoms with Gasteiger partial charge in [0.15, 0.2) is 14.6 Å². The minimum absolute atomic E-state index is 0.225. The lowest BCUT2D eigenvalue weighted by Crippen LogP contribution is -2.40. The molecule has 3 nitrogen and oxygen atoms in total. The van der Waals surface area contributed by atoms with Gasteiger partial charge in [-0.15, -0.1) is 0 Å². The molecule has 1 aromatic carbocycles. The summed E-state index contributed by atoms with van der Waals surface area (Å²) < 4.78 is 11.4. The first kappa shape index (κ1) is 14.7. The van der Waals surface area contributed by atoms with Crippen molar-refractivity contribution in [3.63, 3.8) is 0 Å². The molecule has 1 aromatic rings. The highest BCUT2D eigenvalue weighted by Crippen LogP contribution is 2.37. The van der Waals surface area contributed by atoms with E-state index in [4.69, 9.17) is 9.16 Å². The summed E-state index contributed by atoms with van der Waals surface area (Å²) >= 11 is 0. The summed E-state index contributed by atoms with van der Waals surface area (Å²) in [6, 6.07) is 6.04. The monoisotopic (exact) mass is 280 g/mol. The van der Waals surface area contributed by atoms with Crippen molar-refractivity contribution in [2.45, 2.75) is 58.4 Å². The van der Waals surface area contributed by atoms with Crippen LogP contribution in [0.15, 0.2) is 18.2 Å². The fraction of sp³-hybridized carbons (Fsp3) is 0.600. The van der Waals surface area contributed by atoms with Crippen molar-refractivity contribution < 1.29 is 14.3 Å². The fourth-order valence-corrected chi connectivity index (χ4v) is 2.81. The number of aliphatic hydroxyl groups excluding tert-OH is 1. The van der Waals surface area contributed by atoms with E-state index in [0.717, 1.165) is 16.7 Å². The van der Waals surface area contributed by atoms with Crippen LogP contribution in [0.5, 0.6) is 0 Å². The van der Waals surface area contributed by atoms with Crippen LogP contribution in [0.1, 0.15) is 43.8 Å². The van der Waals surface area contributed by atoms with Crippen LogP contribution >= 0.6 is 0 Å². The zero-order chi connectivity index (χ0) is 14.3. The average molecular weight is 280 g/mol. The van der Waals surface area contributed by atoms with Crippen molar-refractivity contribution in [3.05, 3.63) is 34.9 Å². The molecule has 1 aliphatic heterocycles. The van der Waals surface area contributed by atoms with Gasteiger partial charge in [-0.05, 0) is 29.3 Å². The Balaban J connectivity index is 2.06. The maximum Gasteiger partial charge on any atom is 0.192 e. The zero-order valence-electron chi connectivity index (χ0n) is 12.5. The van der Waals surface area contributed by atoms with E-state index in [1.807, 2.05) is 12.1 Å². The second-order valence-electron chi connectivity index (χ2n) is 6.75. The van der Waals surface area contributed by atoms with Gasteiger partial charge in [0, 0.05) is 5.56 Å². The molecule has 0 amide bonds. The fourth-order valence-electron chi connectivity index (χ4n) is 1.85. The smallest absolute Gasteiger partial charge is 0.192 e. The van der Waals surface area contributed by atoms with Gasteiger partial charge in [0.05, 0.1) is 13.2 Å². The third-order valence-corrected chi connectivity index (χ3v) is 8.75. The topological polar surface area (TPSA) is 38.7 Å². The second kappa shape index (κ2) is 5.02. The van der Waals surface area contributed by atoms with E-state index in [1.54, 1.807) is 0 Å². The van der Waals surface area contributed by atoms with E-state index in [-0.39, 0.29) is 5.04 Å². The molecule has 1 aliphatic rings. The predicted molar refractivity (Wildman–Crippen MR) is 78.2 cm³/mol. The van der Waals surface area contributed by atoms with E-state index < -0.39 is 14.6 Å². The Morgan fingerprint density at radius 3 is 2.68 bits per heavy atom. The van der Waals surface area contributed by atoms with Crippen LogP contribution in [0.3, 0.4) is 0 Å². The van der Waals surface area contributed by atoms with Gasteiger partial charge in [-0.2, -0.15) is 0 Å². The molecule has 0 fully saturated rings. The second-order valence-corrected chi connectivity index (χ2v) is 11.6. The molecule has 0 aromatic heterocycles. The van der Waals surface area contributed by atoms with Crippen LogP contribution in [0.4, 0.5) is 0 Å². The zero-order valence-corrected chi connectivity index (χ0v) is 13.5. The van der Waals surface area contributed by atoms with Gasteiger partial charge in [-0.3, -0.25) is 0 Å². The molecule has 106 valence electrons. The Morgan fingerprint density at radius 1 is 1.37 bits per heavy atom. The molecule has 1 heterocycles. The molecule has 0 unspecified atom stereocenters. The first-order chi connectivity index (χ1) is 8.71. The molecular formula is C15H24O3Si. The maximum atomic E-state index is 9.59. The van der Waals surface area contributed by atoms with Gasteiger partial charge >= 0.3 is 0 Å². The minimum Gasteiger partial charge on any atom is -0.413 e. The number of hydrogen-bond donors (Lipinski definition) is 1. The van der Waals surface area contributed by atoms with E-state index in [0.29, 0.717) is 13.2 Å². The molecule has 0 spiro atoms. The maximum absolute atomic E-state index is 9.59. The molecule has 4 heteroatoms. The quantitative estimate of drug-likeness (QED) is 0.857. The first-order valence-electron chi connectivity index (χ1n) is 6.76. The Morgan fingerprint density at radius 2 is 2.05 bits per heavy atom. The normalized spacial score (nSPS) is 19.6. The van der Waals surface area contributed by atoms with Gasteiger partial charge in [0.25, 0.3) is 0 Å². The minimum atomic E-state index is -1.71. The average Bonchev–Trinajstić information content (AvgIpc) is 2.67. The van der Waals surface area contributed by atoms with Crippen molar-refractivity contribution in [1.29, 1.82) is 0 Å². The lowest BCUT2D eigenvalue weighted by molar-refractivity contribution is -0.0918. The molecule has 1 atom stereocenters. The summed E-state index contributed by atoms with van der Waals surface area (Å²) in [5, 5.41) is 9.82. The van der Waals surface area contributed by atoms with E-state index in [9.17, 15) is 5.11 Å². The summed E-state index contributed by atoms with van der Waals surface area (Å²) in [5.74, 6) is 0. The van der Waals surface area contributed by atoms with Gasteiger partial charge in [0.1, 0.15) is 0 Å². The van der Waals surface area contributed by atoms with Crippen molar-refractivity contribution in [1.82, 2.24) is 0 Å². The molecular weight excluding hydrogens is 256 g/mol. The number of aliphatic hydroxyl groups is 1. The lowest BCUT2D eigenvalue weighted by atomic mass is 10.1. The van der Waals surface area contributed by atoms with Gasteiger partial charge in [-0.1, -0.05) is 39.0 Å². The molecule has 0 radical (unpaired) electrons. The standard InChI is InChI=1S/C15H24O3Si/c1-15(2,3)19(4,5)18-9-11-6-7-13-12(8-11)10-17-14(13)16/h6-8,14,16H,9-10H2,1-5H3/t14-/m0/s1. The Labute approximate surface area is 116 Å². The van der Waals surface area contributed by atoms with E-state index in [2.05, 4.69) is 39.9 Å². The SMILES string of the molecule is CC(C)(C)[Si](C)(C)OCc1ccc2c(c1)CO[C@@H]2O. The lowest BCUT2D eigenvalue weighted by Gasteiger charge is -2.36. The van der Waals surface area contributed by atoms with E-state index in [1.165, 1.54) is 0 Å². The predicted octanol–water partition coefficient (Wildman–Crippen LogP) is 3.73.